The molecule has 1 N–H and O–H groups in total. The van der Waals surface area contributed by atoms with Crippen LogP contribution in [0.5, 0.6) is 0 Å². The maximum atomic E-state index is 4.41. The highest BCUT2D eigenvalue weighted by Crippen LogP contribution is 2.18. The van der Waals surface area contributed by atoms with E-state index in [1.165, 1.54) is 10.4 Å². The molecule has 0 amide bonds. The first-order valence-electron chi connectivity index (χ1n) is 6.69. The first-order valence-corrected chi connectivity index (χ1v) is 7.56. The normalized spacial score (nSPS) is 12.4. The van der Waals surface area contributed by atoms with Crippen LogP contribution in [0.2, 0.25) is 0 Å². The Morgan fingerprint density at radius 3 is 2.80 bits per heavy atom. The largest absolute Gasteiger partial charge is 0.305 e. The van der Waals surface area contributed by atoms with Crippen LogP contribution in [0, 0.1) is 0 Å². The molecule has 0 aliphatic carbocycles. The molecule has 0 aliphatic heterocycles. The summed E-state index contributed by atoms with van der Waals surface area (Å²) >= 11 is 1.78. The maximum Gasteiger partial charge on any atom is 0.0645 e. The van der Waals surface area contributed by atoms with Gasteiger partial charge < -0.3 is 5.32 Å². The third-order valence-electron chi connectivity index (χ3n) is 3.24. The third kappa shape index (κ3) is 2.98. The van der Waals surface area contributed by atoms with Gasteiger partial charge in [-0.1, -0.05) is 24.3 Å². The molecule has 1 aromatic carbocycles. The highest BCUT2D eigenvalue weighted by atomic mass is 32.1. The molecule has 1 atom stereocenters. The average Bonchev–Trinajstić information content (AvgIpc) is 3.17. The van der Waals surface area contributed by atoms with Gasteiger partial charge in [-0.15, -0.1) is 11.3 Å². The molecule has 0 bridgehead atoms. The Morgan fingerprint density at radius 1 is 1.20 bits per heavy atom. The smallest absolute Gasteiger partial charge is 0.0645 e. The van der Waals surface area contributed by atoms with Gasteiger partial charge in [-0.25, -0.2) is 4.68 Å². The minimum Gasteiger partial charge on any atom is -0.305 e. The van der Waals surface area contributed by atoms with E-state index in [0.717, 1.165) is 12.2 Å². The molecule has 2 heterocycles. The molecule has 0 saturated carbocycles. The first kappa shape index (κ1) is 13.1. The molecule has 3 rings (SSSR count). The number of hydrogen-bond donors (Lipinski definition) is 1. The van der Waals surface area contributed by atoms with Gasteiger partial charge in [-0.05, 0) is 30.5 Å². The SMILES string of the molecule is C[C@@H](NCc1cnn(-c2ccccc2)c1)c1cccs1. The average molecular weight is 283 g/mol. The fourth-order valence-corrected chi connectivity index (χ4v) is 2.84. The minimum atomic E-state index is 0.370. The van der Waals surface area contributed by atoms with E-state index in [1.54, 1.807) is 11.3 Å². The van der Waals surface area contributed by atoms with Gasteiger partial charge in [0.1, 0.15) is 0 Å². The van der Waals surface area contributed by atoms with E-state index >= 15 is 0 Å². The summed E-state index contributed by atoms with van der Waals surface area (Å²) < 4.78 is 1.91. The van der Waals surface area contributed by atoms with Crippen molar-refractivity contribution in [3.05, 3.63) is 70.7 Å². The lowest BCUT2D eigenvalue weighted by molar-refractivity contribution is 0.583. The second kappa shape index (κ2) is 6.03. The van der Waals surface area contributed by atoms with E-state index in [1.807, 2.05) is 29.1 Å². The Labute approximate surface area is 122 Å². The first-order chi connectivity index (χ1) is 9.83. The Bertz CT molecular complexity index is 643. The zero-order valence-electron chi connectivity index (χ0n) is 11.4. The van der Waals surface area contributed by atoms with Gasteiger partial charge in [0, 0.05) is 29.2 Å². The summed E-state index contributed by atoms with van der Waals surface area (Å²) in [6, 6.07) is 14.8. The number of nitrogens with one attached hydrogen (secondary N) is 1. The van der Waals surface area contributed by atoms with Crippen molar-refractivity contribution >= 4 is 11.3 Å². The molecular weight excluding hydrogens is 266 g/mol. The van der Waals surface area contributed by atoms with Crippen LogP contribution in [0.15, 0.2) is 60.2 Å². The standard InChI is InChI=1S/C16H17N3S/c1-13(16-8-5-9-20-16)17-10-14-11-18-19(12-14)15-6-3-2-4-7-15/h2-9,11-13,17H,10H2,1H3/t13-/m1/s1. The molecule has 0 spiro atoms. The fourth-order valence-electron chi connectivity index (χ4n) is 2.08. The van der Waals surface area contributed by atoms with Crippen LogP contribution in [0.25, 0.3) is 5.69 Å². The van der Waals surface area contributed by atoms with Gasteiger partial charge in [0.25, 0.3) is 0 Å². The number of aromatic nitrogens is 2. The predicted molar refractivity (Wildman–Crippen MR) is 83.1 cm³/mol. The zero-order chi connectivity index (χ0) is 13.8. The topological polar surface area (TPSA) is 29.9 Å². The summed E-state index contributed by atoms with van der Waals surface area (Å²) in [7, 11) is 0. The minimum absolute atomic E-state index is 0.370. The molecule has 4 heteroatoms. The Balaban J connectivity index is 1.63. The highest BCUT2D eigenvalue weighted by molar-refractivity contribution is 7.10. The van der Waals surface area contributed by atoms with Gasteiger partial charge in [-0.2, -0.15) is 5.10 Å². The molecule has 0 fully saturated rings. The van der Waals surface area contributed by atoms with Crippen molar-refractivity contribution in [2.75, 3.05) is 0 Å². The molecule has 3 aromatic rings. The number of benzene rings is 1. The molecule has 0 saturated heterocycles. The van der Waals surface area contributed by atoms with Crippen molar-refractivity contribution in [3.8, 4) is 5.69 Å². The fraction of sp³-hybridized carbons (Fsp3) is 0.188. The quantitative estimate of drug-likeness (QED) is 0.772. The summed E-state index contributed by atoms with van der Waals surface area (Å²) in [4.78, 5) is 1.36. The van der Waals surface area contributed by atoms with Crippen molar-refractivity contribution in [3.63, 3.8) is 0 Å². The highest BCUT2D eigenvalue weighted by Gasteiger charge is 2.06. The summed E-state index contributed by atoms with van der Waals surface area (Å²) in [6.45, 7) is 3.01. The summed E-state index contributed by atoms with van der Waals surface area (Å²) in [6.07, 6.45) is 3.99. The van der Waals surface area contributed by atoms with Crippen LogP contribution in [0.1, 0.15) is 23.4 Å². The van der Waals surface area contributed by atoms with Crippen molar-refractivity contribution in [2.45, 2.75) is 19.5 Å². The second-order valence-corrected chi connectivity index (χ2v) is 5.73. The van der Waals surface area contributed by atoms with E-state index in [4.69, 9.17) is 0 Å². The monoisotopic (exact) mass is 283 g/mol. The number of thiophene rings is 1. The predicted octanol–water partition coefficient (Wildman–Crippen LogP) is 3.78. The van der Waals surface area contributed by atoms with Crippen LogP contribution in [0.4, 0.5) is 0 Å². The van der Waals surface area contributed by atoms with E-state index in [2.05, 4.69) is 53.2 Å². The molecule has 0 unspecified atom stereocenters. The molecule has 0 radical (unpaired) electrons. The zero-order valence-corrected chi connectivity index (χ0v) is 12.2. The van der Waals surface area contributed by atoms with Crippen LogP contribution >= 0.6 is 11.3 Å². The summed E-state index contributed by atoms with van der Waals surface area (Å²) in [5.41, 5.74) is 2.28. The van der Waals surface area contributed by atoms with Gasteiger partial charge in [0.05, 0.1) is 11.9 Å². The van der Waals surface area contributed by atoms with Crippen LogP contribution in [-0.2, 0) is 6.54 Å². The summed E-state index contributed by atoms with van der Waals surface area (Å²) in [5, 5.41) is 10.0. The van der Waals surface area contributed by atoms with Crippen molar-refractivity contribution in [2.24, 2.45) is 0 Å². The number of para-hydroxylation sites is 1. The van der Waals surface area contributed by atoms with Crippen LogP contribution in [0.3, 0.4) is 0 Å². The Kier molecular flexibility index (Phi) is 3.95. The second-order valence-electron chi connectivity index (χ2n) is 4.75. The van der Waals surface area contributed by atoms with Crippen LogP contribution in [-0.4, -0.2) is 9.78 Å². The number of nitrogens with zero attached hydrogens (tertiary/aromatic N) is 2. The molecule has 20 heavy (non-hydrogen) atoms. The molecule has 0 aliphatic rings. The van der Waals surface area contributed by atoms with Crippen molar-refractivity contribution in [1.29, 1.82) is 0 Å². The van der Waals surface area contributed by atoms with E-state index in [-0.39, 0.29) is 0 Å². The lowest BCUT2D eigenvalue weighted by Gasteiger charge is -2.10. The van der Waals surface area contributed by atoms with Gasteiger partial charge >= 0.3 is 0 Å². The van der Waals surface area contributed by atoms with Crippen molar-refractivity contribution < 1.29 is 0 Å². The van der Waals surface area contributed by atoms with Gasteiger partial charge in [-0.3, -0.25) is 0 Å². The maximum absolute atomic E-state index is 4.41. The lowest BCUT2D eigenvalue weighted by Crippen LogP contribution is -2.16. The molecule has 2 aromatic heterocycles. The lowest BCUT2D eigenvalue weighted by atomic mass is 10.2. The Hall–Kier alpha value is -1.91. The summed E-state index contributed by atoms with van der Waals surface area (Å²) in [5.74, 6) is 0. The number of rotatable bonds is 5. The van der Waals surface area contributed by atoms with Gasteiger partial charge in [0.2, 0.25) is 0 Å². The van der Waals surface area contributed by atoms with Gasteiger partial charge in [0.15, 0.2) is 0 Å². The van der Waals surface area contributed by atoms with E-state index in [0.29, 0.717) is 6.04 Å². The van der Waals surface area contributed by atoms with Crippen molar-refractivity contribution in [1.82, 2.24) is 15.1 Å². The molecule has 102 valence electrons. The third-order valence-corrected chi connectivity index (χ3v) is 4.29. The molecule has 3 nitrogen and oxygen atoms in total. The van der Waals surface area contributed by atoms with E-state index < -0.39 is 0 Å². The molecular formula is C16H17N3S. The Morgan fingerprint density at radius 2 is 2.05 bits per heavy atom. The van der Waals surface area contributed by atoms with Crippen LogP contribution < -0.4 is 5.32 Å². The van der Waals surface area contributed by atoms with E-state index in [9.17, 15) is 0 Å². The number of hydrogen-bond acceptors (Lipinski definition) is 3.